The second-order valence-corrected chi connectivity index (χ2v) is 4.87. The number of hydrogen-bond donors (Lipinski definition) is 2. The maximum Gasteiger partial charge on any atom is 0.421 e. The summed E-state index contributed by atoms with van der Waals surface area (Å²) in [7, 11) is -0.0890. The molecule has 0 heterocycles. The number of likely N-dealkylation sites (N-methyl/N-ethyl adjacent to an activating group) is 1. The molecule has 0 aromatic carbocycles. The monoisotopic (exact) mass is 255 g/mol. The average molecular weight is 255 g/mol. The number of amides is 1. The molecule has 0 aromatic heterocycles. The van der Waals surface area contributed by atoms with E-state index in [0.29, 0.717) is 0 Å². The van der Waals surface area contributed by atoms with Crippen LogP contribution in [0.1, 0.15) is 0 Å². The highest BCUT2D eigenvalue weighted by atomic mass is 32.2. The van der Waals surface area contributed by atoms with Crippen molar-refractivity contribution in [3.8, 4) is 0 Å². The second kappa shape index (κ2) is 6.63. The van der Waals surface area contributed by atoms with Gasteiger partial charge in [-0.2, -0.15) is 12.7 Å². The Morgan fingerprint density at radius 2 is 2.06 bits per heavy atom. The Labute approximate surface area is 94.9 Å². The van der Waals surface area contributed by atoms with Crippen molar-refractivity contribution in [1.82, 2.24) is 9.03 Å². The standard InChI is InChI=1S/C7H17N3O5S/c1-10(4-6(8)5-14-2)16(12,13)9-7(11)15-3/h6H,4-5,8H2,1-3H3,(H,9,11). The summed E-state index contributed by atoms with van der Waals surface area (Å²) in [6.45, 7) is 0.248. The molecule has 0 bridgehead atoms. The zero-order valence-corrected chi connectivity index (χ0v) is 10.3. The van der Waals surface area contributed by atoms with Crippen molar-refractivity contribution in [2.24, 2.45) is 5.73 Å². The van der Waals surface area contributed by atoms with Gasteiger partial charge in [0.05, 0.1) is 13.7 Å². The fourth-order valence-corrected chi connectivity index (χ4v) is 1.76. The third-order valence-corrected chi connectivity index (χ3v) is 3.07. The Morgan fingerprint density at radius 1 is 1.50 bits per heavy atom. The minimum atomic E-state index is -3.91. The van der Waals surface area contributed by atoms with Crippen LogP contribution in [0.5, 0.6) is 0 Å². The van der Waals surface area contributed by atoms with Crippen LogP contribution in [0.25, 0.3) is 0 Å². The van der Waals surface area contributed by atoms with E-state index in [-0.39, 0.29) is 13.2 Å². The van der Waals surface area contributed by atoms with Gasteiger partial charge in [0, 0.05) is 26.7 Å². The first-order valence-corrected chi connectivity index (χ1v) is 5.84. The van der Waals surface area contributed by atoms with Crippen LogP contribution in [0, 0.1) is 0 Å². The summed E-state index contributed by atoms with van der Waals surface area (Å²) in [5.74, 6) is 0. The number of ether oxygens (including phenoxy) is 2. The minimum absolute atomic E-state index is 0.0279. The summed E-state index contributed by atoms with van der Waals surface area (Å²) < 4.78 is 34.5. The molecule has 0 saturated carbocycles. The van der Waals surface area contributed by atoms with Crippen LogP contribution in [-0.4, -0.2) is 59.3 Å². The van der Waals surface area contributed by atoms with Crippen molar-refractivity contribution in [3.05, 3.63) is 0 Å². The van der Waals surface area contributed by atoms with Crippen LogP contribution in [0.3, 0.4) is 0 Å². The SMILES string of the molecule is COCC(N)CN(C)S(=O)(=O)NC(=O)OC. The molecule has 16 heavy (non-hydrogen) atoms. The molecule has 1 amide bonds. The fourth-order valence-electron chi connectivity index (χ4n) is 0.920. The van der Waals surface area contributed by atoms with E-state index in [4.69, 9.17) is 10.5 Å². The summed E-state index contributed by atoms with van der Waals surface area (Å²) in [5, 5.41) is 0. The molecular weight excluding hydrogens is 238 g/mol. The summed E-state index contributed by atoms with van der Waals surface area (Å²) in [6.07, 6.45) is -1.05. The van der Waals surface area contributed by atoms with E-state index >= 15 is 0 Å². The predicted molar refractivity (Wildman–Crippen MR) is 56.9 cm³/mol. The molecule has 9 heteroatoms. The molecule has 0 rings (SSSR count). The van der Waals surface area contributed by atoms with Gasteiger partial charge >= 0.3 is 16.3 Å². The van der Waals surface area contributed by atoms with Crippen molar-refractivity contribution in [1.29, 1.82) is 0 Å². The first kappa shape index (κ1) is 15.1. The molecule has 1 unspecified atom stereocenters. The third kappa shape index (κ3) is 5.26. The van der Waals surface area contributed by atoms with Crippen LogP contribution in [0.4, 0.5) is 4.79 Å². The van der Waals surface area contributed by atoms with Crippen molar-refractivity contribution in [2.45, 2.75) is 6.04 Å². The maximum atomic E-state index is 11.5. The zero-order valence-electron chi connectivity index (χ0n) is 9.47. The summed E-state index contributed by atoms with van der Waals surface area (Å²) in [4.78, 5) is 10.7. The summed E-state index contributed by atoms with van der Waals surface area (Å²) in [5.41, 5.74) is 5.57. The molecule has 0 aromatic rings. The lowest BCUT2D eigenvalue weighted by Gasteiger charge is -2.20. The van der Waals surface area contributed by atoms with E-state index in [2.05, 4.69) is 4.74 Å². The Hall–Kier alpha value is -0.900. The highest BCUT2D eigenvalue weighted by Gasteiger charge is 2.22. The second-order valence-electron chi connectivity index (χ2n) is 3.09. The molecular formula is C7H17N3O5S. The quantitative estimate of drug-likeness (QED) is 0.597. The average Bonchev–Trinajstić information content (AvgIpc) is 2.17. The van der Waals surface area contributed by atoms with Gasteiger partial charge in [-0.3, -0.25) is 0 Å². The summed E-state index contributed by atoms with van der Waals surface area (Å²) in [6, 6.07) is -0.468. The van der Waals surface area contributed by atoms with Crippen LogP contribution >= 0.6 is 0 Å². The predicted octanol–water partition coefficient (Wildman–Crippen LogP) is -1.51. The number of nitrogens with two attached hydrogens (primary N) is 1. The van der Waals surface area contributed by atoms with Gasteiger partial charge < -0.3 is 15.2 Å². The molecule has 3 N–H and O–H groups in total. The largest absolute Gasteiger partial charge is 0.452 e. The highest BCUT2D eigenvalue weighted by Crippen LogP contribution is 1.96. The van der Waals surface area contributed by atoms with E-state index in [9.17, 15) is 13.2 Å². The Balaban J connectivity index is 4.35. The molecule has 0 aliphatic heterocycles. The number of rotatable bonds is 6. The van der Waals surface area contributed by atoms with Crippen LogP contribution in [-0.2, 0) is 19.7 Å². The summed E-state index contributed by atoms with van der Waals surface area (Å²) >= 11 is 0. The molecule has 0 aliphatic carbocycles. The smallest absolute Gasteiger partial charge is 0.421 e. The third-order valence-electron chi connectivity index (χ3n) is 1.68. The van der Waals surface area contributed by atoms with E-state index in [1.165, 1.54) is 14.2 Å². The van der Waals surface area contributed by atoms with Gasteiger partial charge in [-0.25, -0.2) is 9.52 Å². The first-order chi connectivity index (χ1) is 7.33. The van der Waals surface area contributed by atoms with Gasteiger partial charge in [0.1, 0.15) is 0 Å². The molecule has 0 aliphatic rings. The van der Waals surface area contributed by atoms with Crippen LogP contribution in [0.2, 0.25) is 0 Å². The molecule has 8 nitrogen and oxygen atoms in total. The molecule has 96 valence electrons. The number of hydrogen-bond acceptors (Lipinski definition) is 6. The van der Waals surface area contributed by atoms with Gasteiger partial charge in [0.15, 0.2) is 0 Å². The van der Waals surface area contributed by atoms with Gasteiger partial charge in [-0.05, 0) is 0 Å². The number of nitrogens with zero attached hydrogens (tertiary/aromatic N) is 1. The topological polar surface area (TPSA) is 111 Å². The number of carbonyl (C=O) groups excluding carboxylic acids is 1. The molecule has 0 fully saturated rings. The van der Waals surface area contributed by atoms with E-state index < -0.39 is 22.3 Å². The highest BCUT2D eigenvalue weighted by molar-refractivity contribution is 7.87. The lowest BCUT2D eigenvalue weighted by molar-refractivity contribution is 0.171. The molecule has 1 atom stereocenters. The van der Waals surface area contributed by atoms with Gasteiger partial charge in [-0.15, -0.1) is 0 Å². The van der Waals surface area contributed by atoms with Crippen molar-refractivity contribution in [2.75, 3.05) is 34.4 Å². The maximum absolute atomic E-state index is 11.5. The molecule has 0 saturated heterocycles. The van der Waals surface area contributed by atoms with E-state index in [0.717, 1.165) is 11.4 Å². The van der Waals surface area contributed by atoms with Crippen molar-refractivity contribution < 1.29 is 22.7 Å². The van der Waals surface area contributed by atoms with Gasteiger partial charge in [0.25, 0.3) is 0 Å². The van der Waals surface area contributed by atoms with Gasteiger partial charge in [0.2, 0.25) is 0 Å². The molecule has 0 spiro atoms. The Bertz CT molecular complexity index is 318. The van der Waals surface area contributed by atoms with Crippen molar-refractivity contribution >= 4 is 16.3 Å². The first-order valence-electron chi connectivity index (χ1n) is 4.40. The minimum Gasteiger partial charge on any atom is -0.452 e. The number of nitrogens with one attached hydrogen (secondary N) is 1. The number of methoxy groups -OCH3 is 2. The Kier molecular flexibility index (Phi) is 6.26. The van der Waals surface area contributed by atoms with Crippen LogP contribution in [0.15, 0.2) is 0 Å². The van der Waals surface area contributed by atoms with E-state index in [1.807, 2.05) is 0 Å². The normalized spacial score (nSPS) is 13.6. The van der Waals surface area contributed by atoms with Gasteiger partial charge in [-0.1, -0.05) is 0 Å². The van der Waals surface area contributed by atoms with Crippen molar-refractivity contribution in [3.63, 3.8) is 0 Å². The molecule has 0 radical (unpaired) electrons. The van der Waals surface area contributed by atoms with Crippen LogP contribution < -0.4 is 10.5 Å². The fraction of sp³-hybridized carbons (Fsp3) is 0.857. The Morgan fingerprint density at radius 3 is 2.50 bits per heavy atom. The lowest BCUT2D eigenvalue weighted by atomic mass is 10.3. The number of carbonyl (C=O) groups is 1. The zero-order chi connectivity index (χ0) is 12.8. The lowest BCUT2D eigenvalue weighted by Crippen LogP contribution is -2.47. The van der Waals surface area contributed by atoms with E-state index in [1.54, 1.807) is 4.72 Å².